The number of amides is 1. The summed E-state index contributed by atoms with van der Waals surface area (Å²) in [6, 6.07) is 9.53. The largest absolute Gasteiger partial charge is 0.348 e. The molecule has 4 nitrogen and oxygen atoms in total. The van der Waals surface area contributed by atoms with E-state index >= 15 is 0 Å². The molecule has 122 valence electrons. The maximum atomic E-state index is 12.0. The van der Waals surface area contributed by atoms with Gasteiger partial charge in [0.05, 0.1) is 6.21 Å². The Hall–Kier alpha value is -2.36. The molecule has 0 saturated carbocycles. The summed E-state index contributed by atoms with van der Waals surface area (Å²) in [6.07, 6.45) is 1.71. The highest BCUT2D eigenvalue weighted by molar-refractivity contribution is 5.95. The first-order valence-corrected chi connectivity index (χ1v) is 7.95. The summed E-state index contributed by atoms with van der Waals surface area (Å²) in [4.78, 5) is 12.0. The zero-order valence-electron chi connectivity index (χ0n) is 14.6. The highest BCUT2D eigenvalue weighted by Crippen LogP contribution is 2.15. The van der Waals surface area contributed by atoms with Crippen LogP contribution in [0.15, 0.2) is 35.4 Å². The molecule has 0 spiro atoms. The van der Waals surface area contributed by atoms with Crippen LogP contribution in [0.1, 0.15) is 46.7 Å². The van der Waals surface area contributed by atoms with Crippen LogP contribution < -0.4 is 5.43 Å². The van der Waals surface area contributed by atoms with Crippen LogP contribution in [-0.4, -0.2) is 16.7 Å². The summed E-state index contributed by atoms with van der Waals surface area (Å²) in [5, 5.41) is 4.10. The van der Waals surface area contributed by atoms with Crippen molar-refractivity contribution in [1.29, 1.82) is 0 Å². The number of carbonyl (C=O) groups excluding carboxylic acids is 1. The number of rotatable bonds is 5. The van der Waals surface area contributed by atoms with Gasteiger partial charge in [0.15, 0.2) is 0 Å². The molecule has 1 heterocycles. The summed E-state index contributed by atoms with van der Waals surface area (Å²) < 4.78 is 2.29. The lowest BCUT2D eigenvalue weighted by Crippen LogP contribution is -2.17. The van der Waals surface area contributed by atoms with Gasteiger partial charge in [0.1, 0.15) is 0 Å². The summed E-state index contributed by atoms with van der Waals surface area (Å²) in [5.41, 5.74) is 7.74. The molecular weight excluding hydrogens is 286 g/mol. The Morgan fingerprint density at radius 1 is 1.22 bits per heavy atom. The minimum Gasteiger partial charge on any atom is -0.348 e. The Morgan fingerprint density at radius 3 is 2.48 bits per heavy atom. The summed E-state index contributed by atoms with van der Waals surface area (Å²) in [7, 11) is 0. The zero-order valence-corrected chi connectivity index (χ0v) is 14.6. The molecule has 0 aliphatic rings. The van der Waals surface area contributed by atoms with Gasteiger partial charge in [-0.2, -0.15) is 5.10 Å². The highest BCUT2D eigenvalue weighted by atomic mass is 16.2. The van der Waals surface area contributed by atoms with Gasteiger partial charge in [-0.05, 0) is 44.9 Å². The molecule has 0 radical (unpaired) electrons. The van der Waals surface area contributed by atoms with Crippen molar-refractivity contribution in [2.75, 3.05) is 0 Å². The molecule has 23 heavy (non-hydrogen) atoms. The molecule has 1 amide bonds. The van der Waals surface area contributed by atoms with E-state index in [0.717, 1.165) is 17.7 Å². The van der Waals surface area contributed by atoms with Crippen LogP contribution in [-0.2, 0) is 6.54 Å². The Morgan fingerprint density at radius 2 is 1.87 bits per heavy atom. The van der Waals surface area contributed by atoms with Crippen LogP contribution in [0, 0.1) is 26.7 Å². The number of aromatic nitrogens is 1. The predicted octanol–water partition coefficient (Wildman–Crippen LogP) is 3.83. The summed E-state index contributed by atoms with van der Waals surface area (Å²) >= 11 is 0. The summed E-state index contributed by atoms with van der Waals surface area (Å²) in [5.74, 6) is 0.392. The van der Waals surface area contributed by atoms with E-state index < -0.39 is 0 Å². The van der Waals surface area contributed by atoms with Gasteiger partial charge in [-0.25, -0.2) is 5.43 Å². The summed E-state index contributed by atoms with van der Waals surface area (Å²) in [6.45, 7) is 11.6. The van der Waals surface area contributed by atoms with Crippen LogP contribution >= 0.6 is 0 Å². The van der Waals surface area contributed by atoms with E-state index in [2.05, 4.69) is 48.9 Å². The number of hydrogen-bond acceptors (Lipinski definition) is 2. The second-order valence-electron chi connectivity index (χ2n) is 6.40. The van der Waals surface area contributed by atoms with Crippen molar-refractivity contribution >= 4 is 12.1 Å². The average molecular weight is 311 g/mol. The van der Waals surface area contributed by atoms with Crippen LogP contribution in [0.25, 0.3) is 0 Å². The molecule has 0 bridgehead atoms. The van der Waals surface area contributed by atoms with Crippen molar-refractivity contribution in [2.45, 2.75) is 41.2 Å². The quantitative estimate of drug-likeness (QED) is 0.662. The fraction of sp³-hybridized carbons (Fsp3) is 0.368. The van der Waals surface area contributed by atoms with Gasteiger partial charge < -0.3 is 4.57 Å². The molecule has 2 rings (SSSR count). The SMILES string of the molecule is Cc1ccc(C(=O)N/N=C\c2cc(C)n(CC(C)C)c2C)cc1. The molecule has 2 aromatic rings. The molecule has 0 unspecified atom stereocenters. The number of nitrogens with one attached hydrogen (secondary N) is 1. The Labute approximate surface area is 138 Å². The maximum Gasteiger partial charge on any atom is 0.271 e. The van der Waals surface area contributed by atoms with E-state index in [0.29, 0.717) is 11.5 Å². The first-order valence-electron chi connectivity index (χ1n) is 7.95. The number of aryl methyl sites for hydroxylation is 2. The molecule has 0 atom stereocenters. The molecule has 0 saturated heterocycles. The van der Waals surface area contributed by atoms with Crippen molar-refractivity contribution in [3.63, 3.8) is 0 Å². The number of hydrogen-bond donors (Lipinski definition) is 1. The van der Waals surface area contributed by atoms with E-state index in [1.54, 1.807) is 18.3 Å². The third kappa shape index (κ3) is 4.31. The monoisotopic (exact) mass is 311 g/mol. The van der Waals surface area contributed by atoms with Crippen molar-refractivity contribution < 1.29 is 4.79 Å². The maximum absolute atomic E-state index is 12.0. The molecule has 1 aromatic heterocycles. The minimum absolute atomic E-state index is 0.197. The van der Waals surface area contributed by atoms with E-state index in [9.17, 15) is 4.79 Å². The van der Waals surface area contributed by atoms with Gasteiger partial charge >= 0.3 is 0 Å². The van der Waals surface area contributed by atoms with Gasteiger partial charge in [-0.1, -0.05) is 31.5 Å². The molecule has 0 fully saturated rings. The van der Waals surface area contributed by atoms with Gasteiger partial charge in [0.25, 0.3) is 5.91 Å². The topological polar surface area (TPSA) is 46.4 Å². The van der Waals surface area contributed by atoms with Crippen LogP contribution in [0.3, 0.4) is 0 Å². The second-order valence-corrected chi connectivity index (χ2v) is 6.40. The predicted molar refractivity (Wildman–Crippen MR) is 95.0 cm³/mol. The van der Waals surface area contributed by atoms with E-state index in [-0.39, 0.29) is 5.91 Å². The standard InChI is InChI=1S/C19H25N3O/c1-13(2)12-22-15(4)10-18(16(22)5)11-20-21-19(23)17-8-6-14(3)7-9-17/h6-11,13H,12H2,1-5H3,(H,21,23)/b20-11-. The molecule has 0 aliphatic carbocycles. The Balaban J connectivity index is 2.06. The van der Waals surface area contributed by atoms with Crippen molar-refractivity contribution in [3.05, 3.63) is 58.4 Å². The van der Waals surface area contributed by atoms with Crippen LogP contribution in [0.2, 0.25) is 0 Å². The Kier molecular flexibility index (Phi) is 5.37. The average Bonchev–Trinajstić information content (AvgIpc) is 2.75. The van der Waals surface area contributed by atoms with Gasteiger partial charge in [0.2, 0.25) is 0 Å². The van der Waals surface area contributed by atoms with Crippen molar-refractivity contribution in [1.82, 2.24) is 9.99 Å². The van der Waals surface area contributed by atoms with Crippen molar-refractivity contribution in [2.24, 2.45) is 11.0 Å². The number of benzene rings is 1. The van der Waals surface area contributed by atoms with Crippen LogP contribution in [0.5, 0.6) is 0 Å². The lowest BCUT2D eigenvalue weighted by molar-refractivity contribution is 0.0955. The lowest BCUT2D eigenvalue weighted by atomic mass is 10.1. The number of carbonyl (C=O) groups is 1. The molecule has 1 aromatic carbocycles. The Bertz CT molecular complexity index is 709. The van der Waals surface area contributed by atoms with Gasteiger partial charge in [-0.15, -0.1) is 0 Å². The lowest BCUT2D eigenvalue weighted by Gasteiger charge is -2.11. The fourth-order valence-electron chi connectivity index (χ4n) is 2.53. The first kappa shape index (κ1) is 17.0. The third-order valence-corrected chi connectivity index (χ3v) is 3.84. The van der Waals surface area contributed by atoms with E-state index in [1.165, 1.54) is 11.4 Å². The minimum atomic E-state index is -0.197. The normalized spacial score (nSPS) is 11.4. The molecular formula is C19H25N3O. The first-order chi connectivity index (χ1) is 10.9. The highest BCUT2D eigenvalue weighted by Gasteiger charge is 2.09. The van der Waals surface area contributed by atoms with E-state index in [1.807, 2.05) is 19.1 Å². The third-order valence-electron chi connectivity index (χ3n) is 3.84. The van der Waals surface area contributed by atoms with Crippen LogP contribution in [0.4, 0.5) is 0 Å². The second kappa shape index (κ2) is 7.27. The van der Waals surface area contributed by atoms with E-state index in [4.69, 9.17) is 0 Å². The van der Waals surface area contributed by atoms with Gasteiger partial charge in [0, 0.05) is 29.1 Å². The fourth-order valence-corrected chi connectivity index (χ4v) is 2.53. The smallest absolute Gasteiger partial charge is 0.271 e. The molecule has 4 heteroatoms. The van der Waals surface area contributed by atoms with Crippen molar-refractivity contribution in [3.8, 4) is 0 Å². The van der Waals surface area contributed by atoms with Gasteiger partial charge in [-0.3, -0.25) is 4.79 Å². The zero-order chi connectivity index (χ0) is 17.0. The molecule has 1 N–H and O–H groups in total. The molecule has 0 aliphatic heterocycles. The number of nitrogens with zero attached hydrogens (tertiary/aromatic N) is 2. The number of hydrazone groups is 1.